The quantitative estimate of drug-likeness (QED) is 0.462. The summed E-state index contributed by atoms with van der Waals surface area (Å²) in [6.07, 6.45) is 7.65. The van der Waals surface area contributed by atoms with E-state index in [0.29, 0.717) is 5.82 Å². The SMILES string of the molecule is Nc1n[nH]c2ccc(/C=C/C(=O)Nc3ccc(Cc4ccncc4)cc3)cc12.[HH]. The highest BCUT2D eigenvalue weighted by atomic mass is 16.1. The van der Waals surface area contributed by atoms with E-state index in [-0.39, 0.29) is 7.33 Å². The summed E-state index contributed by atoms with van der Waals surface area (Å²) in [6.45, 7) is 0. The molecule has 0 bridgehead atoms. The molecule has 0 spiro atoms. The lowest BCUT2D eigenvalue weighted by Gasteiger charge is -2.05. The zero-order chi connectivity index (χ0) is 19.3. The smallest absolute Gasteiger partial charge is 0.248 e. The molecule has 4 rings (SSSR count). The van der Waals surface area contributed by atoms with Crippen LogP contribution in [0, 0.1) is 0 Å². The number of fused-ring (bicyclic) bond motifs is 1. The summed E-state index contributed by atoms with van der Waals surface area (Å²) < 4.78 is 0. The molecular weight excluding hydrogens is 350 g/mol. The maximum absolute atomic E-state index is 12.2. The molecule has 0 saturated carbocycles. The van der Waals surface area contributed by atoms with Crippen LogP contribution < -0.4 is 11.1 Å². The number of amides is 1. The Morgan fingerprint density at radius 3 is 2.61 bits per heavy atom. The zero-order valence-electron chi connectivity index (χ0n) is 15.1. The van der Waals surface area contributed by atoms with Crippen LogP contribution in [0.15, 0.2) is 73.1 Å². The monoisotopic (exact) mass is 371 g/mol. The van der Waals surface area contributed by atoms with Crippen molar-refractivity contribution in [3.05, 3.63) is 89.8 Å². The summed E-state index contributed by atoms with van der Waals surface area (Å²) in [5.74, 6) is 0.253. The van der Waals surface area contributed by atoms with Gasteiger partial charge in [0.15, 0.2) is 5.82 Å². The van der Waals surface area contributed by atoms with E-state index in [1.54, 1.807) is 18.5 Å². The van der Waals surface area contributed by atoms with E-state index in [0.717, 1.165) is 28.6 Å². The molecule has 0 unspecified atom stereocenters. The number of hydrogen-bond acceptors (Lipinski definition) is 4. The Morgan fingerprint density at radius 1 is 1.07 bits per heavy atom. The lowest BCUT2D eigenvalue weighted by atomic mass is 10.1. The molecule has 28 heavy (non-hydrogen) atoms. The zero-order valence-corrected chi connectivity index (χ0v) is 15.1. The minimum Gasteiger partial charge on any atom is -0.382 e. The highest BCUT2D eigenvalue weighted by Gasteiger charge is 2.03. The van der Waals surface area contributed by atoms with Gasteiger partial charge in [-0.3, -0.25) is 14.9 Å². The molecule has 0 aliphatic carbocycles. The number of nitrogen functional groups attached to an aromatic ring is 1. The fourth-order valence-corrected chi connectivity index (χ4v) is 2.95. The second-order valence-corrected chi connectivity index (χ2v) is 6.47. The van der Waals surface area contributed by atoms with Crippen LogP contribution in [-0.4, -0.2) is 21.1 Å². The molecular formula is C22H21N5O. The largest absolute Gasteiger partial charge is 0.382 e. The summed E-state index contributed by atoms with van der Waals surface area (Å²) in [5, 5.41) is 10.5. The first kappa shape index (κ1) is 17.5. The van der Waals surface area contributed by atoms with Crippen molar-refractivity contribution in [2.45, 2.75) is 6.42 Å². The average Bonchev–Trinajstić information content (AvgIpc) is 3.09. The Kier molecular flexibility index (Phi) is 4.84. The van der Waals surface area contributed by atoms with Gasteiger partial charge in [0.2, 0.25) is 5.91 Å². The number of nitrogens with one attached hydrogen (secondary N) is 2. The van der Waals surface area contributed by atoms with Gasteiger partial charge in [-0.2, -0.15) is 5.10 Å². The Bertz CT molecular complexity index is 1140. The number of aromatic nitrogens is 3. The molecule has 140 valence electrons. The standard InChI is InChI=1S/C22H19N5O.H2/c23-22-19-14-16(3-7-20(19)26-27-22)4-8-21(28)25-18-5-1-15(2-6-18)13-17-9-11-24-12-10-17;/h1-12,14H,13H2,(H,25,28)(H3,23,26,27);1H/b8-4+;. The van der Waals surface area contributed by atoms with Crippen LogP contribution >= 0.6 is 0 Å². The molecule has 4 N–H and O–H groups in total. The summed E-state index contributed by atoms with van der Waals surface area (Å²) >= 11 is 0. The third kappa shape index (κ3) is 4.07. The Morgan fingerprint density at radius 2 is 1.82 bits per heavy atom. The summed E-state index contributed by atoms with van der Waals surface area (Å²) in [6, 6.07) is 17.5. The van der Waals surface area contributed by atoms with Crippen LogP contribution in [-0.2, 0) is 11.2 Å². The third-order valence-electron chi connectivity index (χ3n) is 4.42. The maximum Gasteiger partial charge on any atom is 0.248 e. The summed E-state index contributed by atoms with van der Waals surface area (Å²) in [7, 11) is 0. The van der Waals surface area contributed by atoms with Crippen molar-refractivity contribution < 1.29 is 6.22 Å². The molecule has 0 atom stereocenters. The molecule has 0 aliphatic heterocycles. The number of rotatable bonds is 5. The van der Waals surface area contributed by atoms with E-state index in [1.165, 1.54) is 17.2 Å². The fraction of sp³-hybridized carbons (Fsp3) is 0.0455. The van der Waals surface area contributed by atoms with Crippen molar-refractivity contribution in [2.75, 3.05) is 11.1 Å². The van der Waals surface area contributed by atoms with Gasteiger partial charge in [-0.1, -0.05) is 18.2 Å². The fourth-order valence-electron chi connectivity index (χ4n) is 2.95. The number of aromatic amines is 1. The van der Waals surface area contributed by atoms with Crippen molar-refractivity contribution in [3.8, 4) is 0 Å². The van der Waals surface area contributed by atoms with Crippen molar-refractivity contribution in [1.29, 1.82) is 0 Å². The van der Waals surface area contributed by atoms with Gasteiger partial charge in [0.25, 0.3) is 0 Å². The Labute approximate surface area is 163 Å². The molecule has 2 aromatic carbocycles. The van der Waals surface area contributed by atoms with E-state index in [2.05, 4.69) is 20.5 Å². The number of pyridine rings is 1. The molecule has 2 aromatic heterocycles. The molecule has 6 nitrogen and oxygen atoms in total. The summed E-state index contributed by atoms with van der Waals surface area (Å²) in [4.78, 5) is 16.2. The molecule has 1 amide bonds. The number of nitrogens with zero attached hydrogens (tertiary/aromatic N) is 2. The first-order valence-electron chi connectivity index (χ1n) is 8.88. The van der Waals surface area contributed by atoms with Crippen LogP contribution in [0.4, 0.5) is 11.5 Å². The van der Waals surface area contributed by atoms with Gasteiger partial charge in [-0.05, 0) is 65.6 Å². The molecule has 0 radical (unpaired) electrons. The number of benzene rings is 2. The van der Waals surface area contributed by atoms with Gasteiger partial charge in [-0.25, -0.2) is 0 Å². The van der Waals surface area contributed by atoms with Crippen LogP contribution in [0.3, 0.4) is 0 Å². The Hall–Kier alpha value is -3.93. The molecule has 2 heterocycles. The van der Waals surface area contributed by atoms with Crippen molar-refractivity contribution in [1.82, 2.24) is 15.2 Å². The Balaban J connectivity index is 0.00000240. The minimum atomic E-state index is -0.192. The highest BCUT2D eigenvalue weighted by molar-refractivity contribution is 6.02. The predicted molar refractivity (Wildman–Crippen MR) is 114 cm³/mol. The molecule has 0 saturated heterocycles. The maximum atomic E-state index is 12.2. The van der Waals surface area contributed by atoms with Gasteiger partial charge in [0.05, 0.1) is 5.52 Å². The van der Waals surface area contributed by atoms with Gasteiger partial charge in [0, 0.05) is 31.0 Å². The number of H-pyrrole nitrogens is 1. The topological polar surface area (TPSA) is 96.7 Å². The van der Waals surface area contributed by atoms with E-state index in [4.69, 9.17) is 5.73 Å². The average molecular weight is 371 g/mol. The van der Waals surface area contributed by atoms with Gasteiger partial charge >= 0.3 is 0 Å². The number of carbonyl (C=O) groups excluding carboxylic acids is 1. The van der Waals surface area contributed by atoms with E-state index in [1.807, 2.05) is 54.6 Å². The third-order valence-corrected chi connectivity index (χ3v) is 4.42. The van der Waals surface area contributed by atoms with Crippen molar-refractivity contribution >= 4 is 34.4 Å². The van der Waals surface area contributed by atoms with E-state index < -0.39 is 0 Å². The van der Waals surface area contributed by atoms with E-state index >= 15 is 0 Å². The second-order valence-electron chi connectivity index (χ2n) is 6.47. The number of hydrogen-bond donors (Lipinski definition) is 3. The van der Waals surface area contributed by atoms with Gasteiger partial charge < -0.3 is 11.1 Å². The van der Waals surface area contributed by atoms with Crippen molar-refractivity contribution in [2.24, 2.45) is 0 Å². The second kappa shape index (κ2) is 7.75. The molecule has 6 heteroatoms. The number of nitrogens with two attached hydrogens (primary N) is 1. The first-order chi connectivity index (χ1) is 13.7. The van der Waals surface area contributed by atoms with Crippen LogP contribution in [0.1, 0.15) is 18.1 Å². The van der Waals surface area contributed by atoms with Crippen LogP contribution in [0.5, 0.6) is 0 Å². The highest BCUT2D eigenvalue weighted by Crippen LogP contribution is 2.20. The van der Waals surface area contributed by atoms with Gasteiger partial charge in [-0.15, -0.1) is 0 Å². The lowest BCUT2D eigenvalue weighted by Crippen LogP contribution is -2.07. The number of carbonyl (C=O) groups is 1. The minimum absolute atomic E-state index is 0. The first-order valence-corrected chi connectivity index (χ1v) is 8.88. The predicted octanol–water partition coefficient (Wildman–Crippen LogP) is 4.03. The van der Waals surface area contributed by atoms with E-state index in [9.17, 15) is 4.79 Å². The molecule has 0 fully saturated rings. The van der Waals surface area contributed by atoms with Crippen molar-refractivity contribution in [3.63, 3.8) is 0 Å². The molecule has 0 aliphatic rings. The van der Waals surface area contributed by atoms with Gasteiger partial charge in [0.1, 0.15) is 0 Å². The number of anilines is 2. The van der Waals surface area contributed by atoms with Crippen LogP contribution in [0.2, 0.25) is 0 Å². The lowest BCUT2D eigenvalue weighted by molar-refractivity contribution is -0.111. The normalized spacial score (nSPS) is 11.1. The van der Waals surface area contributed by atoms with Crippen LogP contribution in [0.25, 0.3) is 17.0 Å². The summed E-state index contributed by atoms with van der Waals surface area (Å²) in [5.41, 5.74) is 10.7. The molecule has 4 aromatic rings.